The Morgan fingerprint density at radius 2 is 1.75 bits per heavy atom. The highest BCUT2D eigenvalue weighted by Crippen LogP contribution is 2.41. The molecule has 28 heavy (non-hydrogen) atoms. The maximum atomic E-state index is 14.0. The smallest absolute Gasteiger partial charge is 0.138 e. The number of aromatic nitrogens is 2. The molecule has 3 aromatic rings. The average molecular weight is 381 g/mol. The van der Waals surface area contributed by atoms with Crippen molar-refractivity contribution in [2.24, 2.45) is 0 Å². The van der Waals surface area contributed by atoms with Crippen molar-refractivity contribution in [3.63, 3.8) is 0 Å². The third-order valence-electron chi connectivity index (χ3n) is 5.63. The van der Waals surface area contributed by atoms with Gasteiger partial charge in [0, 0.05) is 39.8 Å². The van der Waals surface area contributed by atoms with E-state index in [1.54, 1.807) is 19.4 Å². The molecule has 1 fully saturated rings. The number of pyridine rings is 1. The van der Waals surface area contributed by atoms with E-state index in [1.165, 1.54) is 17.8 Å². The van der Waals surface area contributed by atoms with Crippen LogP contribution in [0, 0.1) is 5.82 Å². The lowest BCUT2D eigenvalue weighted by Crippen LogP contribution is -2.57. The highest BCUT2D eigenvalue weighted by atomic mass is 19.1. The van der Waals surface area contributed by atoms with Gasteiger partial charge in [-0.3, -0.25) is 0 Å². The fraction of sp³-hybridized carbons (Fsp3) is 0.435. The van der Waals surface area contributed by atoms with Gasteiger partial charge < -0.3 is 15.0 Å². The lowest BCUT2D eigenvalue weighted by atomic mass is 9.74. The minimum Gasteiger partial charge on any atom is -0.496 e. The summed E-state index contributed by atoms with van der Waals surface area (Å²) in [5.74, 6) is 0.780. The molecule has 1 aliphatic heterocycles. The number of piperidine rings is 1. The molecule has 0 bridgehead atoms. The van der Waals surface area contributed by atoms with E-state index in [0.29, 0.717) is 11.7 Å². The monoisotopic (exact) mass is 381 g/mol. The van der Waals surface area contributed by atoms with Gasteiger partial charge in [-0.25, -0.2) is 9.37 Å². The first-order chi connectivity index (χ1) is 13.2. The lowest BCUT2D eigenvalue weighted by molar-refractivity contribution is 0.160. The molecule has 1 saturated heterocycles. The minimum atomic E-state index is -0.279. The molecule has 0 unspecified atom stereocenters. The van der Waals surface area contributed by atoms with Gasteiger partial charge in [-0.2, -0.15) is 0 Å². The van der Waals surface area contributed by atoms with Gasteiger partial charge in [-0.05, 0) is 76.4 Å². The molecule has 1 aliphatic rings. The first-order valence-corrected chi connectivity index (χ1v) is 9.78. The quantitative estimate of drug-likeness (QED) is 0.638. The number of aromatic amines is 1. The molecule has 0 amide bonds. The number of nitrogens with zero attached hydrogens (tertiary/aromatic N) is 1. The molecule has 1 aromatic carbocycles. The van der Waals surface area contributed by atoms with Crippen LogP contribution in [0.3, 0.4) is 0 Å². The zero-order valence-electron chi connectivity index (χ0n) is 17.2. The van der Waals surface area contributed by atoms with Crippen molar-refractivity contribution in [2.75, 3.05) is 7.11 Å². The van der Waals surface area contributed by atoms with Crippen molar-refractivity contribution in [1.82, 2.24) is 15.3 Å². The second-order valence-corrected chi connectivity index (χ2v) is 9.19. The van der Waals surface area contributed by atoms with Gasteiger partial charge in [0.25, 0.3) is 0 Å². The third-order valence-corrected chi connectivity index (χ3v) is 5.63. The molecule has 0 atom stereocenters. The Kier molecular flexibility index (Phi) is 4.46. The number of benzene rings is 1. The Bertz CT molecular complexity index is 1010. The molecule has 5 heteroatoms. The van der Waals surface area contributed by atoms with Gasteiger partial charge in [-0.15, -0.1) is 0 Å². The van der Waals surface area contributed by atoms with Crippen molar-refractivity contribution in [2.45, 2.75) is 57.5 Å². The average Bonchev–Trinajstić information content (AvgIpc) is 3.03. The first-order valence-electron chi connectivity index (χ1n) is 9.78. The molecule has 0 spiro atoms. The lowest BCUT2D eigenvalue weighted by Gasteiger charge is -2.46. The summed E-state index contributed by atoms with van der Waals surface area (Å²) < 4.78 is 19.4. The number of methoxy groups -OCH3 is 1. The Balaban J connectivity index is 1.81. The number of halogens is 1. The molecule has 0 saturated carbocycles. The van der Waals surface area contributed by atoms with Crippen molar-refractivity contribution in [3.8, 4) is 16.9 Å². The summed E-state index contributed by atoms with van der Waals surface area (Å²) in [6.45, 7) is 9.02. The predicted octanol–water partition coefficient (Wildman–Crippen LogP) is 5.40. The van der Waals surface area contributed by atoms with Crippen LogP contribution >= 0.6 is 0 Å². The second kappa shape index (κ2) is 6.59. The van der Waals surface area contributed by atoms with Crippen LogP contribution in [0.15, 0.2) is 36.5 Å². The van der Waals surface area contributed by atoms with E-state index in [1.807, 2.05) is 6.07 Å². The first kappa shape index (κ1) is 18.9. The molecular weight excluding hydrogens is 353 g/mol. The number of H-pyrrole nitrogens is 1. The van der Waals surface area contributed by atoms with Gasteiger partial charge in [0.1, 0.15) is 17.2 Å². The Morgan fingerprint density at radius 3 is 2.43 bits per heavy atom. The van der Waals surface area contributed by atoms with E-state index >= 15 is 0 Å². The summed E-state index contributed by atoms with van der Waals surface area (Å²) in [6.07, 6.45) is 3.85. The summed E-state index contributed by atoms with van der Waals surface area (Å²) in [6, 6.07) is 8.72. The topological polar surface area (TPSA) is 49.9 Å². The van der Waals surface area contributed by atoms with Crippen LogP contribution in [0.25, 0.3) is 22.2 Å². The van der Waals surface area contributed by atoms with Crippen LogP contribution in [-0.2, 0) is 0 Å². The van der Waals surface area contributed by atoms with Crippen molar-refractivity contribution in [1.29, 1.82) is 0 Å². The molecule has 0 aliphatic carbocycles. The number of rotatable bonds is 3. The summed E-state index contributed by atoms with van der Waals surface area (Å²) in [4.78, 5) is 8.06. The number of ether oxygens (including phenoxy) is 1. The number of hydrogen-bond acceptors (Lipinski definition) is 3. The SMILES string of the molecule is COc1ccc(F)cc1-c1ccnc2[nH]c(C3CC(C)(C)NC(C)(C)C3)cc12. The number of hydrogen-bond donors (Lipinski definition) is 2. The van der Waals surface area contributed by atoms with E-state index in [9.17, 15) is 4.39 Å². The summed E-state index contributed by atoms with van der Waals surface area (Å²) >= 11 is 0. The van der Waals surface area contributed by atoms with Crippen LogP contribution < -0.4 is 10.1 Å². The number of fused-ring (bicyclic) bond motifs is 1. The summed E-state index contributed by atoms with van der Waals surface area (Å²) in [5.41, 5.74) is 3.81. The zero-order valence-corrected chi connectivity index (χ0v) is 17.2. The fourth-order valence-electron chi connectivity index (χ4n) is 4.93. The molecule has 4 rings (SSSR count). The highest BCUT2D eigenvalue weighted by molar-refractivity contribution is 5.95. The Morgan fingerprint density at radius 1 is 1.04 bits per heavy atom. The van der Waals surface area contributed by atoms with E-state index in [2.05, 4.69) is 49.0 Å². The van der Waals surface area contributed by atoms with Gasteiger partial charge in [0.2, 0.25) is 0 Å². The normalized spacial score (nSPS) is 19.1. The fourth-order valence-corrected chi connectivity index (χ4v) is 4.93. The Labute approximate surface area is 165 Å². The minimum absolute atomic E-state index is 0.0613. The van der Waals surface area contributed by atoms with Crippen LogP contribution in [-0.4, -0.2) is 28.2 Å². The van der Waals surface area contributed by atoms with Gasteiger partial charge in [-0.1, -0.05) is 0 Å². The van der Waals surface area contributed by atoms with Crippen molar-refractivity contribution in [3.05, 3.63) is 48.0 Å². The Hall–Kier alpha value is -2.40. The highest BCUT2D eigenvalue weighted by Gasteiger charge is 2.38. The van der Waals surface area contributed by atoms with Gasteiger partial charge >= 0.3 is 0 Å². The molecule has 148 valence electrons. The van der Waals surface area contributed by atoms with Crippen molar-refractivity contribution >= 4 is 11.0 Å². The van der Waals surface area contributed by atoms with E-state index in [4.69, 9.17) is 4.74 Å². The maximum Gasteiger partial charge on any atom is 0.138 e. The summed E-state index contributed by atoms with van der Waals surface area (Å²) in [7, 11) is 1.61. The van der Waals surface area contributed by atoms with Crippen LogP contribution in [0.1, 0.15) is 52.1 Å². The predicted molar refractivity (Wildman–Crippen MR) is 111 cm³/mol. The zero-order chi connectivity index (χ0) is 20.1. The molecule has 2 N–H and O–H groups in total. The molecule has 0 radical (unpaired) electrons. The standard InChI is InChI=1S/C23H28FN3O/c1-22(2)12-14(13-23(3,4)27-22)19-11-18-16(8-9-25-21(18)26-19)17-10-15(24)6-7-20(17)28-5/h6-11,14,27H,12-13H2,1-5H3,(H,25,26). The van der Waals surface area contributed by atoms with Crippen molar-refractivity contribution < 1.29 is 9.13 Å². The van der Waals surface area contributed by atoms with E-state index < -0.39 is 0 Å². The number of nitrogens with one attached hydrogen (secondary N) is 2. The third kappa shape index (κ3) is 3.51. The molecule has 4 nitrogen and oxygen atoms in total. The maximum absolute atomic E-state index is 14.0. The summed E-state index contributed by atoms with van der Waals surface area (Å²) in [5, 5.41) is 4.73. The van der Waals surface area contributed by atoms with Gasteiger partial charge in [0.05, 0.1) is 7.11 Å². The van der Waals surface area contributed by atoms with Crippen LogP contribution in [0.5, 0.6) is 5.75 Å². The van der Waals surface area contributed by atoms with Crippen LogP contribution in [0.4, 0.5) is 4.39 Å². The van der Waals surface area contributed by atoms with E-state index in [0.717, 1.165) is 35.0 Å². The molecular formula is C23H28FN3O. The largest absolute Gasteiger partial charge is 0.496 e. The molecule has 2 aromatic heterocycles. The van der Waals surface area contributed by atoms with E-state index in [-0.39, 0.29) is 16.9 Å². The molecule has 3 heterocycles. The van der Waals surface area contributed by atoms with Gasteiger partial charge in [0.15, 0.2) is 0 Å². The van der Waals surface area contributed by atoms with Crippen LogP contribution in [0.2, 0.25) is 0 Å². The second-order valence-electron chi connectivity index (χ2n) is 9.19.